The summed E-state index contributed by atoms with van der Waals surface area (Å²) in [5.74, 6) is 1.13. The van der Waals surface area contributed by atoms with Crippen LogP contribution in [0, 0.1) is 0 Å². The monoisotopic (exact) mass is 162 g/mol. The standard InChI is InChI=1S/C8H18OS/c1-3-4-5-6-9-7-8-10-2/h3-8H2,1-2H3. The van der Waals surface area contributed by atoms with E-state index in [0.717, 1.165) is 19.0 Å². The van der Waals surface area contributed by atoms with Crippen molar-refractivity contribution in [2.45, 2.75) is 26.2 Å². The lowest BCUT2D eigenvalue weighted by atomic mass is 10.3. The predicted molar refractivity (Wildman–Crippen MR) is 48.7 cm³/mol. The molecule has 0 rings (SSSR count). The second-order valence-electron chi connectivity index (χ2n) is 2.31. The van der Waals surface area contributed by atoms with Gasteiger partial charge in [-0.25, -0.2) is 0 Å². The Morgan fingerprint density at radius 2 is 2.00 bits per heavy atom. The van der Waals surface area contributed by atoms with Crippen LogP contribution in [0.25, 0.3) is 0 Å². The van der Waals surface area contributed by atoms with Crippen LogP contribution in [0.15, 0.2) is 0 Å². The van der Waals surface area contributed by atoms with Crippen LogP contribution in [0.2, 0.25) is 0 Å². The lowest BCUT2D eigenvalue weighted by molar-refractivity contribution is 0.146. The van der Waals surface area contributed by atoms with Crippen molar-refractivity contribution < 1.29 is 4.74 Å². The third-order valence-electron chi connectivity index (χ3n) is 1.32. The molecule has 0 aliphatic heterocycles. The highest BCUT2D eigenvalue weighted by Gasteiger charge is 1.86. The van der Waals surface area contributed by atoms with E-state index < -0.39 is 0 Å². The lowest BCUT2D eigenvalue weighted by Crippen LogP contribution is -1.98. The molecule has 2 heteroatoms. The molecule has 0 fully saturated rings. The maximum atomic E-state index is 5.36. The van der Waals surface area contributed by atoms with Gasteiger partial charge in [0.15, 0.2) is 0 Å². The average molecular weight is 162 g/mol. The second-order valence-corrected chi connectivity index (χ2v) is 3.30. The molecule has 0 aliphatic carbocycles. The zero-order chi connectivity index (χ0) is 7.66. The topological polar surface area (TPSA) is 9.23 Å². The Kier molecular flexibility index (Phi) is 9.60. The first-order valence-electron chi connectivity index (χ1n) is 3.98. The molecule has 0 radical (unpaired) electrons. The van der Waals surface area contributed by atoms with Crippen molar-refractivity contribution in [3.63, 3.8) is 0 Å². The summed E-state index contributed by atoms with van der Waals surface area (Å²) in [4.78, 5) is 0. The summed E-state index contributed by atoms with van der Waals surface area (Å²) in [6.07, 6.45) is 5.92. The molecule has 0 saturated heterocycles. The molecular weight excluding hydrogens is 144 g/mol. The fraction of sp³-hybridized carbons (Fsp3) is 1.00. The van der Waals surface area contributed by atoms with Gasteiger partial charge in [0.25, 0.3) is 0 Å². The molecular formula is C8H18OS. The molecule has 0 heterocycles. The Hall–Kier alpha value is 0.310. The molecule has 10 heavy (non-hydrogen) atoms. The minimum Gasteiger partial charge on any atom is -0.381 e. The molecule has 0 aromatic carbocycles. The fourth-order valence-electron chi connectivity index (χ4n) is 0.698. The predicted octanol–water partition coefficient (Wildman–Crippen LogP) is 2.56. The van der Waals surface area contributed by atoms with Crippen molar-refractivity contribution in [1.29, 1.82) is 0 Å². The van der Waals surface area contributed by atoms with Crippen LogP contribution in [-0.2, 0) is 4.74 Å². The summed E-state index contributed by atoms with van der Waals surface area (Å²) in [6.45, 7) is 4.08. The van der Waals surface area contributed by atoms with E-state index >= 15 is 0 Å². The molecule has 62 valence electrons. The Labute approximate surface area is 68.5 Å². The maximum absolute atomic E-state index is 5.36. The largest absolute Gasteiger partial charge is 0.381 e. The van der Waals surface area contributed by atoms with E-state index in [4.69, 9.17) is 4.74 Å². The van der Waals surface area contributed by atoms with Gasteiger partial charge in [0.1, 0.15) is 0 Å². The quantitative estimate of drug-likeness (QED) is 0.532. The Morgan fingerprint density at radius 3 is 2.60 bits per heavy atom. The third kappa shape index (κ3) is 8.31. The molecule has 1 nitrogen and oxygen atoms in total. The van der Waals surface area contributed by atoms with Crippen LogP contribution < -0.4 is 0 Å². The lowest BCUT2D eigenvalue weighted by Gasteiger charge is -2.00. The highest BCUT2D eigenvalue weighted by atomic mass is 32.2. The van der Waals surface area contributed by atoms with Crippen LogP contribution in [-0.4, -0.2) is 25.2 Å². The van der Waals surface area contributed by atoms with E-state index in [0.29, 0.717) is 0 Å². The van der Waals surface area contributed by atoms with Crippen LogP contribution >= 0.6 is 11.8 Å². The van der Waals surface area contributed by atoms with E-state index in [1.165, 1.54) is 19.3 Å². The molecule has 0 atom stereocenters. The Balaban J connectivity index is 2.65. The second kappa shape index (κ2) is 9.31. The van der Waals surface area contributed by atoms with Gasteiger partial charge < -0.3 is 4.74 Å². The summed E-state index contributed by atoms with van der Waals surface area (Å²) >= 11 is 1.84. The summed E-state index contributed by atoms with van der Waals surface area (Å²) < 4.78 is 5.36. The minimum atomic E-state index is 0.922. The molecule has 0 aromatic heterocycles. The summed E-state index contributed by atoms with van der Waals surface area (Å²) in [7, 11) is 0. The van der Waals surface area contributed by atoms with Gasteiger partial charge in [0.2, 0.25) is 0 Å². The number of unbranched alkanes of at least 4 members (excludes halogenated alkanes) is 2. The van der Waals surface area contributed by atoms with Gasteiger partial charge in [-0.1, -0.05) is 19.8 Å². The number of hydrogen-bond donors (Lipinski definition) is 0. The highest BCUT2D eigenvalue weighted by Crippen LogP contribution is 1.95. The van der Waals surface area contributed by atoms with E-state index in [1.807, 2.05) is 11.8 Å². The molecule has 0 saturated carbocycles. The van der Waals surface area contributed by atoms with Crippen LogP contribution in [0.3, 0.4) is 0 Å². The zero-order valence-electron chi connectivity index (χ0n) is 7.06. The SMILES string of the molecule is CCCCCOCCSC. The molecule has 0 unspecified atom stereocenters. The number of ether oxygens (including phenoxy) is 1. The van der Waals surface area contributed by atoms with Gasteiger partial charge >= 0.3 is 0 Å². The fourth-order valence-corrected chi connectivity index (χ4v) is 0.983. The molecule has 0 bridgehead atoms. The van der Waals surface area contributed by atoms with Crippen LogP contribution in [0.5, 0.6) is 0 Å². The number of thioether (sulfide) groups is 1. The van der Waals surface area contributed by atoms with Crippen molar-refractivity contribution in [3.05, 3.63) is 0 Å². The first-order valence-corrected chi connectivity index (χ1v) is 5.38. The van der Waals surface area contributed by atoms with Gasteiger partial charge in [-0.3, -0.25) is 0 Å². The molecule has 0 aliphatic rings. The van der Waals surface area contributed by atoms with E-state index in [9.17, 15) is 0 Å². The van der Waals surface area contributed by atoms with Gasteiger partial charge in [-0.15, -0.1) is 0 Å². The van der Waals surface area contributed by atoms with Crippen molar-refractivity contribution in [2.75, 3.05) is 25.2 Å². The van der Waals surface area contributed by atoms with E-state index in [1.54, 1.807) is 0 Å². The average Bonchev–Trinajstić information content (AvgIpc) is 1.97. The van der Waals surface area contributed by atoms with Gasteiger partial charge in [0, 0.05) is 12.4 Å². The van der Waals surface area contributed by atoms with Gasteiger partial charge in [-0.05, 0) is 12.7 Å². The van der Waals surface area contributed by atoms with Gasteiger partial charge in [-0.2, -0.15) is 11.8 Å². The third-order valence-corrected chi connectivity index (χ3v) is 1.90. The van der Waals surface area contributed by atoms with Gasteiger partial charge in [0.05, 0.1) is 6.61 Å². The molecule has 0 amide bonds. The Morgan fingerprint density at radius 1 is 1.20 bits per heavy atom. The molecule has 0 spiro atoms. The first kappa shape index (κ1) is 10.3. The highest BCUT2D eigenvalue weighted by molar-refractivity contribution is 7.98. The number of rotatable bonds is 7. The van der Waals surface area contributed by atoms with Crippen molar-refractivity contribution in [3.8, 4) is 0 Å². The Bertz CT molecular complexity index is 49.2. The van der Waals surface area contributed by atoms with Crippen molar-refractivity contribution in [1.82, 2.24) is 0 Å². The van der Waals surface area contributed by atoms with Crippen LogP contribution in [0.4, 0.5) is 0 Å². The van der Waals surface area contributed by atoms with E-state index in [-0.39, 0.29) is 0 Å². The summed E-state index contributed by atoms with van der Waals surface area (Å²) in [5.41, 5.74) is 0. The minimum absolute atomic E-state index is 0.922. The van der Waals surface area contributed by atoms with E-state index in [2.05, 4.69) is 13.2 Å². The van der Waals surface area contributed by atoms with Crippen molar-refractivity contribution in [2.24, 2.45) is 0 Å². The zero-order valence-corrected chi connectivity index (χ0v) is 7.88. The molecule has 0 aromatic rings. The maximum Gasteiger partial charge on any atom is 0.0556 e. The summed E-state index contributed by atoms with van der Waals surface area (Å²) in [5, 5.41) is 0. The summed E-state index contributed by atoms with van der Waals surface area (Å²) in [6, 6.07) is 0. The smallest absolute Gasteiger partial charge is 0.0556 e. The van der Waals surface area contributed by atoms with Crippen LogP contribution in [0.1, 0.15) is 26.2 Å². The molecule has 0 N–H and O–H groups in total. The van der Waals surface area contributed by atoms with Crippen molar-refractivity contribution >= 4 is 11.8 Å². The normalized spacial score (nSPS) is 10.2. The first-order chi connectivity index (χ1) is 4.91. The number of hydrogen-bond acceptors (Lipinski definition) is 2.